The molecule has 1 saturated carbocycles. The SMILES string of the molecule is Cc1ncc(CNC2CC23CCOCC3)n1-c1ccccc1. The highest BCUT2D eigenvalue weighted by atomic mass is 16.5. The molecule has 0 radical (unpaired) electrons. The van der Waals surface area contributed by atoms with Crippen molar-refractivity contribution in [3.8, 4) is 5.69 Å². The molecule has 0 amide bonds. The highest BCUT2D eigenvalue weighted by molar-refractivity contribution is 5.35. The van der Waals surface area contributed by atoms with Crippen molar-refractivity contribution in [2.24, 2.45) is 5.41 Å². The molecule has 1 unspecified atom stereocenters. The van der Waals surface area contributed by atoms with Crippen molar-refractivity contribution in [1.82, 2.24) is 14.9 Å². The van der Waals surface area contributed by atoms with Crippen LogP contribution in [-0.4, -0.2) is 28.8 Å². The number of hydrogen-bond acceptors (Lipinski definition) is 3. The Morgan fingerprint density at radius 1 is 1.27 bits per heavy atom. The molecule has 1 spiro atoms. The number of para-hydroxylation sites is 1. The molecule has 116 valence electrons. The van der Waals surface area contributed by atoms with Crippen LogP contribution in [0.15, 0.2) is 36.5 Å². The Morgan fingerprint density at radius 2 is 2.05 bits per heavy atom. The molecule has 4 rings (SSSR count). The quantitative estimate of drug-likeness (QED) is 0.943. The number of hydrogen-bond donors (Lipinski definition) is 1. The van der Waals surface area contributed by atoms with E-state index in [0.717, 1.165) is 25.6 Å². The van der Waals surface area contributed by atoms with E-state index in [2.05, 4.69) is 46.1 Å². The normalized spacial score (nSPS) is 22.9. The summed E-state index contributed by atoms with van der Waals surface area (Å²) in [7, 11) is 0. The molecule has 1 N–H and O–H groups in total. The van der Waals surface area contributed by atoms with Gasteiger partial charge in [-0.3, -0.25) is 4.57 Å². The van der Waals surface area contributed by atoms with Crippen molar-refractivity contribution in [3.63, 3.8) is 0 Å². The summed E-state index contributed by atoms with van der Waals surface area (Å²) in [5.74, 6) is 1.04. The summed E-state index contributed by atoms with van der Waals surface area (Å²) in [6.45, 7) is 4.80. The summed E-state index contributed by atoms with van der Waals surface area (Å²) >= 11 is 0. The minimum absolute atomic E-state index is 0.519. The number of aryl methyl sites for hydroxylation is 1. The van der Waals surface area contributed by atoms with Gasteiger partial charge in [-0.1, -0.05) is 18.2 Å². The van der Waals surface area contributed by atoms with Gasteiger partial charge in [0.2, 0.25) is 0 Å². The van der Waals surface area contributed by atoms with Gasteiger partial charge in [0.1, 0.15) is 5.82 Å². The molecule has 4 heteroatoms. The molecule has 2 aromatic rings. The highest BCUT2D eigenvalue weighted by Gasteiger charge is 2.53. The van der Waals surface area contributed by atoms with Gasteiger partial charge in [-0.05, 0) is 43.7 Å². The zero-order valence-electron chi connectivity index (χ0n) is 13.1. The maximum absolute atomic E-state index is 5.49. The maximum atomic E-state index is 5.49. The summed E-state index contributed by atoms with van der Waals surface area (Å²) in [5.41, 5.74) is 2.94. The van der Waals surface area contributed by atoms with E-state index < -0.39 is 0 Å². The molecule has 0 bridgehead atoms. The summed E-state index contributed by atoms with van der Waals surface area (Å²) in [5, 5.41) is 3.74. The molecule has 22 heavy (non-hydrogen) atoms. The average Bonchev–Trinajstić information content (AvgIpc) is 3.07. The summed E-state index contributed by atoms with van der Waals surface area (Å²) < 4.78 is 7.74. The van der Waals surface area contributed by atoms with Crippen LogP contribution in [0.5, 0.6) is 0 Å². The number of nitrogens with zero attached hydrogens (tertiary/aromatic N) is 2. The summed E-state index contributed by atoms with van der Waals surface area (Å²) in [6.07, 6.45) is 5.71. The lowest BCUT2D eigenvalue weighted by Gasteiger charge is -2.23. The Labute approximate surface area is 131 Å². The van der Waals surface area contributed by atoms with Crippen LogP contribution in [0.4, 0.5) is 0 Å². The minimum atomic E-state index is 0.519. The topological polar surface area (TPSA) is 39.1 Å². The van der Waals surface area contributed by atoms with Crippen LogP contribution in [0.1, 0.15) is 30.8 Å². The molecule has 2 fully saturated rings. The third-order valence-electron chi connectivity index (χ3n) is 5.23. The van der Waals surface area contributed by atoms with Gasteiger partial charge >= 0.3 is 0 Å². The highest BCUT2D eigenvalue weighted by Crippen LogP contribution is 2.53. The van der Waals surface area contributed by atoms with Crippen molar-refractivity contribution in [2.45, 2.75) is 38.8 Å². The molecule has 2 aliphatic rings. The van der Waals surface area contributed by atoms with E-state index in [-0.39, 0.29) is 0 Å². The number of nitrogens with one attached hydrogen (secondary N) is 1. The Morgan fingerprint density at radius 3 is 2.82 bits per heavy atom. The molecule has 1 atom stereocenters. The number of rotatable bonds is 4. The fourth-order valence-corrected chi connectivity index (χ4v) is 3.74. The van der Waals surface area contributed by atoms with E-state index in [4.69, 9.17) is 4.74 Å². The largest absolute Gasteiger partial charge is 0.381 e. The first-order valence-electron chi connectivity index (χ1n) is 8.18. The van der Waals surface area contributed by atoms with Crippen LogP contribution in [0.25, 0.3) is 5.69 Å². The van der Waals surface area contributed by atoms with Crippen LogP contribution in [0.2, 0.25) is 0 Å². The molecule has 1 aromatic carbocycles. The molecule has 1 aliphatic heterocycles. The van der Waals surface area contributed by atoms with Crippen molar-refractivity contribution in [3.05, 3.63) is 48.0 Å². The van der Waals surface area contributed by atoms with Crippen LogP contribution in [0.3, 0.4) is 0 Å². The van der Waals surface area contributed by atoms with Gasteiger partial charge in [-0.25, -0.2) is 4.98 Å². The third kappa shape index (κ3) is 2.46. The minimum Gasteiger partial charge on any atom is -0.381 e. The predicted molar refractivity (Wildman–Crippen MR) is 86.0 cm³/mol. The first-order chi connectivity index (χ1) is 10.8. The van der Waals surface area contributed by atoms with E-state index in [9.17, 15) is 0 Å². The van der Waals surface area contributed by atoms with Gasteiger partial charge in [-0.2, -0.15) is 0 Å². The van der Waals surface area contributed by atoms with E-state index in [0.29, 0.717) is 11.5 Å². The maximum Gasteiger partial charge on any atom is 0.110 e. The molecule has 1 aromatic heterocycles. The Hall–Kier alpha value is -1.65. The second kappa shape index (κ2) is 5.52. The van der Waals surface area contributed by atoms with E-state index in [1.807, 2.05) is 12.3 Å². The van der Waals surface area contributed by atoms with Gasteiger partial charge < -0.3 is 10.1 Å². The second-order valence-corrected chi connectivity index (χ2v) is 6.58. The average molecular weight is 297 g/mol. The monoisotopic (exact) mass is 297 g/mol. The van der Waals surface area contributed by atoms with Gasteiger partial charge in [0.15, 0.2) is 0 Å². The molecule has 4 nitrogen and oxygen atoms in total. The van der Waals surface area contributed by atoms with Crippen molar-refractivity contribution in [2.75, 3.05) is 13.2 Å². The lowest BCUT2D eigenvalue weighted by atomic mass is 9.96. The van der Waals surface area contributed by atoms with Crippen molar-refractivity contribution < 1.29 is 4.74 Å². The Bertz CT molecular complexity index is 644. The standard InChI is InChI=1S/C18H23N3O/c1-14-19-12-16(21(14)15-5-3-2-4-6-15)13-20-17-11-18(17)7-9-22-10-8-18/h2-6,12,17,20H,7-11,13H2,1H3. The number of aromatic nitrogens is 2. The fraction of sp³-hybridized carbons (Fsp3) is 0.500. The van der Waals surface area contributed by atoms with E-state index in [1.54, 1.807) is 0 Å². The zero-order chi connectivity index (χ0) is 15.0. The fourth-order valence-electron chi connectivity index (χ4n) is 3.74. The number of benzene rings is 1. The van der Waals surface area contributed by atoms with E-state index >= 15 is 0 Å². The summed E-state index contributed by atoms with van der Waals surface area (Å²) in [6, 6.07) is 11.1. The molecular weight excluding hydrogens is 274 g/mol. The molecule has 1 saturated heterocycles. The van der Waals surface area contributed by atoms with Crippen LogP contribution in [0, 0.1) is 12.3 Å². The lowest BCUT2D eigenvalue weighted by Crippen LogP contribution is -2.28. The van der Waals surface area contributed by atoms with Gasteiger partial charge in [0.05, 0.1) is 11.9 Å². The Balaban J connectivity index is 1.46. The molecular formula is C18H23N3O. The van der Waals surface area contributed by atoms with Crippen LogP contribution < -0.4 is 5.32 Å². The number of imidazole rings is 1. The Kier molecular flexibility index (Phi) is 3.51. The molecule has 1 aliphatic carbocycles. The van der Waals surface area contributed by atoms with Crippen molar-refractivity contribution in [1.29, 1.82) is 0 Å². The number of ether oxygens (including phenoxy) is 1. The smallest absolute Gasteiger partial charge is 0.110 e. The van der Waals surface area contributed by atoms with E-state index in [1.165, 1.54) is 30.6 Å². The second-order valence-electron chi connectivity index (χ2n) is 6.58. The van der Waals surface area contributed by atoms with Gasteiger partial charge in [-0.15, -0.1) is 0 Å². The first-order valence-corrected chi connectivity index (χ1v) is 8.18. The predicted octanol–water partition coefficient (Wildman–Crippen LogP) is 2.84. The molecule has 2 heterocycles. The first kappa shape index (κ1) is 14.0. The zero-order valence-corrected chi connectivity index (χ0v) is 13.1. The van der Waals surface area contributed by atoms with Crippen LogP contribution >= 0.6 is 0 Å². The van der Waals surface area contributed by atoms with Crippen molar-refractivity contribution >= 4 is 0 Å². The van der Waals surface area contributed by atoms with Crippen LogP contribution in [-0.2, 0) is 11.3 Å². The third-order valence-corrected chi connectivity index (χ3v) is 5.23. The van der Waals surface area contributed by atoms with Gasteiger partial charge in [0.25, 0.3) is 0 Å². The lowest BCUT2D eigenvalue weighted by molar-refractivity contribution is 0.0542. The van der Waals surface area contributed by atoms with Gasteiger partial charge in [0, 0.05) is 31.5 Å². The summed E-state index contributed by atoms with van der Waals surface area (Å²) in [4.78, 5) is 4.50.